The third-order valence-corrected chi connectivity index (χ3v) is 7.19. The average Bonchev–Trinajstić information content (AvgIpc) is 2.85. The van der Waals surface area contributed by atoms with Crippen LogP contribution >= 0.6 is 11.8 Å². The highest BCUT2D eigenvalue weighted by Crippen LogP contribution is 2.41. The number of hydrogen-bond donors (Lipinski definition) is 1. The molecule has 0 saturated carbocycles. The lowest BCUT2D eigenvalue weighted by atomic mass is 10.0. The number of fused-ring (bicyclic) bond motifs is 1. The van der Waals surface area contributed by atoms with E-state index < -0.39 is 33.4 Å². The van der Waals surface area contributed by atoms with Gasteiger partial charge in [-0.25, -0.2) is 4.79 Å². The van der Waals surface area contributed by atoms with Gasteiger partial charge >= 0.3 is 16.1 Å². The number of nitrogens with one attached hydrogen (secondary N) is 1. The fraction of sp³-hybridized carbons (Fsp3) is 0.292. The van der Waals surface area contributed by atoms with Gasteiger partial charge in [0.15, 0.2) is 11.5 Å². The molecule has 2 heterocycles. The van der Waals surface area contributed by atoms with Gasteiger partial charge in [0.25, 0.3) is 5.91 Å². The van der Waals surface area contributed by atoms with Crippen LogP contribution in [0.15, 0.2) is 66.1 Å². The molecule has 12 heteroatoms. The number of hydrogen-bond acceptors (Lipinski definition) is 9. The van der Waals surface area contributed by atoms with Crippen LogP contribution in [0.25, 0.3) is 0 Å². The summed E-state index contributed by atoms with van der Waals surface area (Å²) in [6.07, 6.45) is 0.943. The van der Waals surface area contributed by atoms with E-state index in [1.54, 1.807) is 36.4 Å². The van der Waals surface area contributed by atoms with E-state index in [4.69, 9.17) is 13.7 Å². The number of carbonyl (C=O) groups excluding carboxylic acids is 3. The molecule has 2 amide bonds. The second-order valence-corrected chi connectivity index (χ2v) is 10.8. The summed E-state index contributed by atoms with van der Waals surface area (Å²) in [7, 11) is -2.44. The molecule has 2 atom stereocenters. The summed E-state index contributed by atoms with van der Waals surface area (Å²) >= 11 is 1.18. The van der Waals surface area contributed by atoms with Crippen molar-refractivity contribution in [1.29, 1.82) is 0 Å². The minimum absolute atomic E-state index is 0.000455. The molecule has 0 spiro atoms. The zero-order valence-corrected chi connectivity index (χ0v) is 21.1. The standard InChI is InChI=1S/C24H24N2O8S2/c1-32-17-10-8-16(9-11-17)13-33-24(29)21-18(34-36(2,30)31)14-35-23-20(22(28)26(21)23)25-19(27)12-15-6-4-3-5-7-15/h3-11,20,23H,12-14H2,1-2H3,(H,25,27)/t20-,23+/m1/s1. The summed E-state index contributed by atoms with van der Waals surface area (Å²) in [4.78, 5) is 39.6. The van der Waals surface area contributed by atoms with Gasteiger partial charge in [0, 0.05) is 0 Å². The zero-order chi connectivity index (χ0) is 25.9. The summed E-state index contributed by atoms with van der Waals surface area (Å²) in [6.45, 7) is -0.116. The predicted octanol–water partition coefficient (Wildman–Crippen LogP) is 1.57. The molecule has 1 saturated heterocycles. The van der Waals surface area contributed by atoms with Crippen molar-refractivity contribution < 1.29 is 36.5 Å². The number of nitrogens with zero attached hydrogens (tertiary/aromatic N) is 1. The summed E-state index contributed by atoms with van der Waals surface area (Å²) in [5, 5.41) is 2.10. The quantitative estimate of drug-likeness (QED) is 0.291. The fourth-order valence-electron chi connectivity index (χ4n) is 3.77. The minimum Gasteiger partial charge on any atom is -0.497 e. The molecule has 1 N–H and O–H groups in total. The third-order valence-electron chi connectivity index (χ3n) is 5.43. The topological polar surface area (TPSA) is 128 Å². The van der Waals surface area contributed by atoms with Crippen LogP contribution in [-0.4, -0.2) is 61.6 Å². The van der Waals surface area contributed by atoms with E-state index in [1.807, 2.05) is 18.2 Å². The Balaban J connectivity index is 1.49. The van der Waals surface area contributed by atoms with E-state index in [2.05, 4.69) is 5.32 Å². The van der Waals surface area contributed by atoms with Crippen LogP contribution in [-0.2, 0) is 46.4 Å². The SMILES string of the molecule is COc1ccc(COC(=O)C2=C(OS(C)(=O)=O)CS[C@H]3[C@H](NC(=O)Cc4ccccc4)C(=O)N23)cc1. The second kappa shape index (κ2) is 10.6. The molecule has 10 nitrogen and oxygen atoms in total. The van der Waals surface area contributed by atoms with Crippen LogP contribution in [0, 0.1) is 0 Å². The van der Waals surface area contributed by atoms with Gasteiger partial charge in [-0.2, -0.15) is 8.42 Å². The number of esters is 1. The average molecular weight is 533 g/mol. The summed E-state index contributed by atoms with van der Waals surface area (Å²) in [5.74, 6) is -1.36. The van der Waals surface area contributed by atoms with Gasteiger partial charge < -0.3 is 19.0 Å². The Labute approximate surface area is 212 Å². The van der Waals surface area contributed by atoms with Gasteiger partial charge in [-0.1, -0.05) is 42.5 Å². The maximum atomic E-state index is 13.0. The lowest BCUT2D eigenvalue weighted by Crippen LogP contribution is -2.70. The molecule has 0 radical (unpaired) electrons. The molecule has 0 unspecified atom stereocenters. The van der Waals surface area contributed by atoms with E-state index >= 15 is 0 Å². The van der Waals surface area contributed by atoms with Gasteiger partial charge in [-0.05, 0) is 23.3 Å². The molecule has 0 bridgehead atoms. The van der Waals surface area contributed by atoms with Crippen molar-refractivity contribution in [3.05, 3.63) is 77.2 Å². The molecular formula is C24H24N2O8S2. The first kappa shape index (κ1) is 25.6. The normalized spacial score (nSPS) is 19.2. The van der Waals surface area contributed by atoms with Gasteiger partial charge in [0.1, 0.15) is 23.8 Å². The van der Waals surface area contributed by atoms with Gasteiger partial charge in [0.2, 0.25) is 5.91 Å². The van der Waals surface area contributed by atoms with E-state index in [1.165, 1.54) is 18.9 Å². The third kappa shape index (κ3) is 5.82. The zero-order valence-electron chi connectivity index (χ0n) is 19.5. The monoisotopic (exact) mass is 532 g/mol. The summed E-state index contributed by atoms with van der Waals surface area (Å²) in [6, 6.07) is 15.0. The van der Waals surface area contributed by atoms with Crippen molar-refractivity contribution in [3.8, 4) is 5.75 Å². The maximum Gasteiger partial charge on any atom is 0.359 e. The van der Waals surface area contributed by atoms with E-state index in [0.29, 0.717) is 11.3 Å². The highest BCUT2D eigenvalue weighted by molar-refractivity contribution is 8.00. The Hall–Kier alpha value is -3.51. The molecular weight excluding hydrogens is 508 g/mol. The molecule has 2 aromatic rings. The Morgan fingerprint density at radius 2 is 1.78 bits per heavy atom. The smallest absolute Gasteiger partial charge is 0.359 e. The first-order valence-electron chi connectivity index (χ1n) is 10.9. The van der Waals surface area contributed by atoms with Crippen molar-refractivity contribution in [1.82, 2.24) is 10.2 Å². The van der Waals surface area contributed by atoms with Crippen LogP contribution in [0.2, 0.25) is 0 Å². The van der Waals surface area contributed by atoms with Crippen molar-refractivity contribution in [3.63, 3.8) is 0 Å². The molecule has 36 heavy (non-hydrogen) atoms. The van der Waals surface area contributed by atoms with Crippen LogP contribution in [0.5, 0.6) is 5.75 Å². The summed E-state index contributed by atoms with van der Waals surface area (Å²) in [5.41, 5.74) is 1.18. The highest BCUT2D eigenvalue weighted by Gasteiger charge is 2.55. The van der Waals surface area contributed by atoms with Crippen molar-refractivity contribution in [2.45, 2.75) is 24.4 Å². The molecule has 4 rings (SSSR count). The maximum absolute atomic E-state index is 13.0. The lowest BCUT2D eigenvalue weighted by molar-refractivity contribution is -0.153. The van der Waals surface area contributed by atoms with Crippen molar-refractivity contribution >= 4 is 39.7 Å². The lowest BCUT2D eigenvalue weighted by Gasteiger charge is -2.49. The molecule has 2 aliphatic rings. The molecule has 2 aromatic carbocycles. The van der Waals surface area contributed by atoms with E-state index in [0.717, 1.165) is 16.7 Å². The Morgan fingerprint density at radius 3 is 2.42 bits per heavy atom. The molecule has 2 aliphatic heterocycles. The van der Waals surface area contributed by atoms with E-state index in [-0.39, 0.29) is 36.1 Å². The highest BCUT2D eigenvalue weighted by atomic mass is 32.2. The van der Waals surface area contributed by atoms with Crippen molar-refractivity contribution in [2.75, 3.05) is 19.1 Å². The number of amides is 2. The second-order valence-electron chi connectivity index (χ2n) is 8.10. The number of ether oxygens (including phenoxy) is 2. The van der Waals surface area contributed by atoms with Crippen LogP contribution in [0.3, 0.4) is 0 Å². The van der Waals surface area contributed by atoms with Crippen molar-refractivity contribution in [2.24, 2.45) is 0 Å². The molecule has 0 aromatic heterocycles. The Kier molecular flexibility index (Phi) is 7.55. The van der Waals surface area contributed by atoms with Crippen LogP contribution < -0.4 is 10.1 Å². The number of rotatable bonds is 9. The Morgan fingerprint density at radius 1 is 1.08 bits per heavy atom. The fourth-order valence-corrected chi connectivity index (χ4v) is 5.60. The number of benzene rings is 2. The van der Waals surface area contributed by atoms with E-state index in [9.17, 15) is 22.8 Å². The van der Waals surface area contributed by atoms with Crippen LogP contribution in [0.4, 0.5) is 0 Å². The first-order chi connectivity index (χ1) is 17.2. The molecule has 1 fully saturated rings. The molecule has 0 aliphatic carbocycles. The van der Waals surface area contributed by atoms with Crippen LogP contribution in [0.1, 0.15) is 11.1 Å². The predicted molar refractivity (Wildman–Crippen MR) is 131 cm³/mol. The molecule has 190 valence electrons. The summed E-state index contributed by atoms with van der Waals surface area (Å²) < 4.78 is 39.1. The number of carbonyl (C=O) groups is 3. The van der Waals surface area contributed by atoms with Gasteiger partial charge in [-0.15, -0.1) is 11.8 Å². The van der Waals surface area contributed by atoms with Gasteiger partial charge in [0.05, 0.1) is 25.5 Å². The number of methoxy groups -OCH3 is 1. The minimum atomic E-state index is -3.97. The largest absolute Gasteiger partial charge is 0.497 e. The van der Waals surface area contributed by atoms with Gasteiger partial charge in [-0.3, -0.25) is 14.5 Å². The Bertz CT molecular complexity index is 1290. The number of thioether (sulfide) groups is 1. The number of β-lactam (4-membered cyclic amide) rings is 1. The first-order valence-corrected chi connectivity index (χ1v) is 13.7.